The third-order valence-electron chi connectivity index (χ3n) is 4.09. The zero-order chi connectivity index (χ0) is 15.2. The molecule has 0 N–H and O–H groups in total. The van der Waals surface area contributed by atoms with Gasteiger partial charge in [0.2, 0.25) is 5.91 Å². The van der Waals surface area contributed by atoms with E-state index in [9.17, 15) is 4.79 Å². The van der Waals surface area contributed by atoms with Crippen LogP contribution in [-0.4, -0.2) is 38.1 Å². The maximum atomic E-state index is 12.3. The van der Waals surface area contributed by atoms with E-state index in [1.807, 2.05) is 23.1 Å². The lowest BCUT2D eigenvalue weighted by molar-refractivity contribution is -0.132. The van der Waals surface area contributed by atoms with Crippen molar-refractivity contribution < 1.29 is 14.3 Å². The predicted octanol–water partition coefficient (Wildman–Crippen LogP) is 2.89. The van der Waals surface area contributed by atoms with Gasteiger partial charge in [0.05, 0.1) is 14.2 Å². The molecule has 4 heteroatoms. The lowest BCUT2D eigenvalue weighted by Crippen LogP contribution is -2.39. The lowest BCUT2D eigenvalue weighted by atomic mass is 9.99. The van der Waals surface area contributed by atoms with E-state index in [0.29, 0.717) is 18.1 Å². The molecule has 1 fully saturated rings. The van der Waals surface area contributed by atoms with Gasteiger partial charge in [-0.25, -0.2) is 0 Å². The summed E-state index contributed by atoms with van der Waals surface area (Å²) in [6, 6.07) is 5.83. The van der Waals surface area contributed by atoms with Crippen molar-refractivity contribution in [2.45, 2.75) is 32.6 Å². The van der Waals surface area contributed by atoms with E-state index in [2.05, 4.69) is 6.92 Å². The summed E-state index contributed by atoms with van der Waals surface area (Å²) < 4.78 is 10.5. The van der Waals surface area contributed by atoms with Gasteiger partial charge in [0.25, 0.3) is 0 Å². The summed E-state index contributed by atoms with van der Waals surface area (Å²) in [6.45, 7) is 4.04. The fourth-order valence-corrected chi connectivity index (χ4v) is 2.86. The quantitative estimate of drug-likeness (QED) is 0.837. The summed E-state index contributed by atoms with van der Waals surface area (Å²) in [7, 11) is 3.25. The molecule has 1 heterocycles. The van der Waals surface area contributed by atoms with Crippen LogP contribution in [0, 0.1) is 5.92 Å². The Morgan fingerprint density at radius 1 is 1.29 bits per heavy atom. The molecule has 0 unspecified atom stereocenters. The van der Waals surface area contributed by atoms with E-state index >= 15 is 0 Å². The third kappa shape index (κ3) is 4.13. The van der Waals surface area contributed by atoms with Crippen LogP contribution >= 0.6 is 0 Å². The van der Waals surface area contributed by atoms with Crippen molar-refractivity contribution in [1.29, 1.82) is 0 Å². The molecule has 1 amide bonds. The number of nitrogens with zero attached hydrogens (tertiary/aromatic N) is 1. The monoisotopic (exact) mass is 291 g/mol. The molecule has 0 radical (unpaired) electrons. The van der Waals surface area contributed by atoms with E-state index in [4.69, 9.17) is 9.47 Å². The highest BCUT2D eigenvalue weighted by Crippen LogP contribution is 2.28. The molecular formula is C17H25NO3. The molecule has 1 aromatic carbocycles. The second kappa shape index (κ2) is 7.34. The Balaban J connectivity index is 1.91. The molecule has 1 aliphatic heterocycles. The Labute approximate surface area is 127 Å². The van der Waals surface area contributed by atoms with E-state index in [1.165, 1.54) is 6.42 Å². The molecule has 0 aromatic heterocycles. The van der Waals surface area contributed by atoms with Crippen LogP contribution in [0.5, 0.6) is 11.5 Å². The maximum absolute atomic E-state index is 12.3. The number of likely N-dealkylation sites (tertiary alicyclic amines) is 1. The molecule has 21 heavy (non-hydrogen) atoms. The number of carbonyl (C=O) groups excluding carboxylic acids is 1. The van der Waals surface area contributed by atoms with Crippen LogP contribution < -0.4 is 9.47 Å². The topological polar surface area (TPSA) is 38.8 Å². The van der Waals surface area contributed by atoms with Crippen LogP contribution in [0.3, 0.4) is 0 Å². The molecule has 1 aliphatic rings. The van der Waals surface area contributed by atoms with Gasteiger partial charge in [-0.05, 0) is 42.9 Å². The minimum absolute atomic E-state index is 0.260. The zero-order valence-electron chi connectivity index (χ0n) is 13.2. The second-order valence-corrected chi connectivity index (χ2v) is 5.78. The van der Waals surface area contributed by atoms with Crippen LogP contribution in [0.2, 0.25) is 0 Å². The average molecular weight is 291 g/mol. The smallest absolute Gasteiger partial charge is 0.222 e. The van der Waals surface area contributed by atoms with Crippen molar-refractivity contribution in [1.82, 2.24) is 4.90 Å². The van der Waals surface area contributed by atoms with E-state index in [0.717, 1.165) is 37.2 Å². The summed E-state index contributed by atoms with van der Waals surface area (Å²) in [5.41, 5.74) is 1.10. The largest absolute Gasteiger partial charge is 0.493 e. The Morgan fingerprint density at radius 2 is 2.05 bits per heavy atom. The van der Waals surface area contributed by atoms with Gasteiger partial charge in [-0.2, -0.15) is 0 Å². The number of hydrogen-bond donors (Lipinski definition) is 0. The molecule has 4 nitrogen and oxygen atoms in total. The first-order chi connectivity index (χ1) is 10.1. The van der Waals surface area contributed by atoms with Crippen LogP contribution in [0.1, 0.15) is 31.7 Å². The Morgan fingerprint density at radius 3 is 2.71 bits per heavy atom. The van der Waals surface area contributed by atoms with Gasteiger partial charge in [0.1, 0.15) is 0 Å². The highest BCUT2D eigenvalue weighted by Gasteiger charge is 2.20. The first kappa shape index (κ1) is 15.7. The summed E-state index contributed by atoms with van der Waals surface area (Å²) in [5.74, 6) is 2.33. The standard InChI is InChI=1S/C17H25NO3/c1-13-5-4-10-18(12-13)17(19)9-7-14-6-8-15(20-2)16(11-14)21-3/h6,8,11,13H,4-5,7,9-10,12H2,1-3H3/t13-/m1/s1. The van der Waals surface area contributed by atoms with Crippen molar-refractivity contribution in [2.75, 3.05) is 27.3 Å². The van der Waals surface area contributed by atoms with Gasteiger partial charge in [-0.1, -0.05) is 13.0 Å². The van der Waals surface area contributed by atoms with E-state index in [1.54, 1.807) is 14.2 Å². The Kier molecular flexibility index (Phi) is 5.48. The first-order valence-electron chi connectivity index (χ1n) is 7.62. The molecular weight excluding hydrogens is 266 g/mol. The molecule has 1 aromatic rings. The first-order valence-corrected chi connectivity index (χ1v) is 7.62. The minimum Gasteiger partial charge on any atom is -0.493 e. The van der Waals surface area contributed by atoms with Gasteiger partial charge in [0, 0.05) is 19.5 Å². The average Bonchev–Trinajstić information content (AvgIpc) is 2.52. The number of amides is 1. The lowest BCUT2D eigenvalue weighted by Gasteiger charge is -2.31. The van der Waals surface area contributed by atoms with Crippen LogP contribution in [0.25, 0.3) is 0 Å². The summed E-state index contributed by atoms with van der Waals surface area (Å²) in [4.78, 5) is 14.3. The SMILES string of the molecule is COc1ccc(CCC(=O)N2CCC[C@@H](C)C2)cc1OC. The highest BCUT2D eigenvalue weighted by atomic mass is 16.5. The molecule has 0 aliphatic carbocycles. The number of piperidine rings is 1. The normalized spacial score (nSPS) is 18.4. The maximum Gasteiger partial charge on any atom is 0.222 e. The molecule has 0 bridgehead atoms. The fraction of sp³-hybridized carbons (Fsp3) is 0.588. The molecule has 0 saturated carbocycles. The van der Waals surface area contributed by atoms with Gasteiger partial charge in [-0.3, -0.25) is 4.79 Å². The van der Waals surface area contributed by atoms with Gasteiger partial charge >= 0.3 is 0 Å². The van der Waals surface area contributed by atoms with Crippen molar-refractivity contribution in [3.8, 4) is 11.5 Å². The molecule has 116 valence electrons. The van der Waals surface area contributed by atoms with Crippen LogP contribution in [0.4, 0.5) is 0 Å². The van der Waals surface area contributed by atoms with Crippen LogP contribution in [0.15, 0.2) is 18.2 Å². The summed E-state index contributed by atoms with van der Waals surface area (Å²) in [5, 5.41) is 0. The fourth-order valence-electron chi connectivity index (χ4n) is 2.86. The molecule has 1 saturated heterocycles. The minimum atomic E-state index is 0.260. The van der Waals surface area contributed by atoms with Crippen LogP contribution in [-0.2, 0) is 11.2 Å². The van der Waals surface area contributed by atoms with Crippen molar-refractivity contribution in [3.63, 3.8) is 0 Å². The number of ether oxygens (including phenoxy) is 2. The number of hydrogen-bond acceptors (Lipinski definition) is 3. The van der Waals surface area contributed by atoms with E-state index in [-0.39, 0.29) is 5.91 Å². The number of rotatable bonds is 5. The van der Waals surface area contributed by atoms with Gasteiger partial charge in [-0.15, -0.1) is 0 Å². The van der Waals surface area contributed by atoms with Crippen molar-refractivity contribution in [2.24, 2.45) is 5.92 Å². The predicted molar refractivity (Wildman–Crippen MR) is 82.8 cm³/mol. The number of methoxy groups -OCH3 is 2. The number of benzene rings is 1. The zero-order valence-corrected chi connectivity index (χ0v) is 13.2. The number of aryl methyl sites for hydroxylation is 1. The Bertz CT molecular complexity index is 487. The van der Waals surface area contributed by atoms with Crippen molar-refractivity contribution in [3.05, 3.63) is 23.8 Å². The Hall–Kier alpha value is -1.71. The summed E-state index contributed by atoms with van der Waals surface area (Å²) >= 11 is 0. The second-order valence-electron chi connectivity index (χ2n) is 5.78. The number of carbonyl (C=O) groups is 1. The molecule has 2 rings (SSSR count). The highest BCUT2D eigenvalue weighted by molar-refractivity contribution is 5.76. The van der Waals surface area contributed by atoms with Gasteiger partial charge in [0.15, 0.2) is 11.5 Å². The van der Waals surface area contributed by atoms with Gasteiger partial charge < -0.3 is 14.4 Å². The summed E-state index contributed by atoms with van der Waals surface area (Å²) in [6.07, 6.45) is 3.66. The third-order valence-corrected chi connectivity index (χ3v) is 4.09. The van der Waals surface area contributed by atoms with E-state index < -0.39 is 0 Å². The molecule has 1 atom stereocenters. The molecule has 0 spiro atoms. The van der Waals surface area contributed by atoms with Crippen molar-refractivity contribution >= 4 is 5.91 Å².